The van der Waals surface area contributed by atoms with Gasteiger partial charge in [0.25, 0.3) is 0 Å². The van der Waals surface area contributed by atoms with Crippen molar-refractivity contribution in [3.63, 3.8) is 0 Å². The minimum Gasteiger partial charge on any atom is -0.393 e. The van der Waals surface area contributed by atoms with Gasteiger partial charge in [-0.1, -0.05) is 42.5 Å². The van der Waals surface area contributed by atoms with Gasteiger partial charge in [-0.25, -0.2) is 4.79 Å². The summed E-state index contributed by atoms with van der Waals surface area (Å²) in [5, 5.41) is 10.9. The summed E-state index contributed by atoms with van der Waals surface area (Å²) in [6.45, 7) is 0. The molecule has 3 heterocycles. The average Bonchev–Trinajstić information content (AvgIpc) is 3.15. The minimum absolute atomic E-state index is 0.0232. The maximum atomic E-state index is 13.3. The Labute approximate surface area is 197 Å². The molecule has 0 amide bonds. The zero-order valence-electron chi connectivity index (χ0n) is 19.1. The molecule has 1 saturated carbocycles. The molecule has 0 saturated heterocycles. The van der Waals surface area contributed by atoms with Crippen LogP contribution in [0.2, 0.25) is 0 Å². The Morgan fingerprint density at radius 1 is 0.853 bits per heavy atom. The van der Waals surface area contributed by atoms with Crippen LogP contribution in [0.25, 0.3) is 44.3 Å². The van der Waals surface area contributed by atoms with Gasteiger partial charge in [0.1, 0.15) is 0 Å². The maximum absolute atomic E-state index is 13.3. The van der Waals surface area contributed by atoms with Gasteiger partial charge in [-0.2, -0.15) is 0 Å². The Morgan fingerprint density at radius 3 is 2.35 bits per heavy atom. The summed E-state index contributed by atoms with van der Waals surface area (Å²) in [5.41, 5.74) is 6.67. The lowest BCUT2D eigenvalue weighted by atomic mass is 9.92. The number of fused-ring (bicyclic) bond motifs is 3. The van der Waals surface area contributed by atoms with Crippen LogP contribution in [0, 0.1) is 0 Å². The molecule has 1 aliphatic rings. The van der Waals surface area contributed by atoms with Gasteiger partial charge in [-0.15, -0.1) is 0 Å². The third-order valence-electron chi connectivity index (χ3n) is 7.11. The minimum atomic E-state index is -0.265. The molecular weight excluding hydrogens is 424 g/mol. The zero-order chi connectivity index (χ0) is 23.2. The lowest BCUT2D eigenvalue weighted by Crippen LogP contribution is -2.29. The molecule has 0 unspecified atom stereocenters. The third kappa shape index (κ3) is 3.42. The van der Waals surface area contributed by atoms with Crippen LogP contribution in [-0.4, -0.2) is 30.3 Å². The van der Waals surface area contributed by atoms with E-state index in [0.717, 1.165) is 70.0 Å². The standard InChI is InChI=1S/C28H26N4O2/c1-31-26-17-30-25-14-7-19(20-8-13-24(29-16-20)18-5-3-2-4-6-18)15-23(25)27(26)32(28(31)34)21-9-11-22(33)12-10-21/h2-8,13-17,21-22,33H,9-12H2,1H3. The first kappa shape index (κ1) is 20.8. The highest BCUT2D eigenvalue weighted by atomic mass is 16.3. The van der Waals surface area contributed by atoms with E-state index in [9.17, 15) is 9.90 Å². The van der Waals surface area contributed by atoms with E-state index in [1.54, 1.807) is 10.8 Å². The van der Waals surface area contributed by atoms with E-state index in [1.807, 2.05) is 48.1 Å². The van der Waals surface area contributed by atoms with Gasteiger partial charge in [-0.3, -0.25) is 19.1 Å². The summed E-state index contributed by atoms with van der Waals surface area (Å²) in [6.07, 6.45) is 6.48. The van der Waals surface area contributed by atoms with Crippen molar-refractivity contribution in [3.8, 4) is 22.4 Å². The number of aryl methyl sites for hydroxylation is 1. The molecule has 5 aromatic rings. The Kier molecular flexibility index (Phi) is 5.03. The predicted octanol–water partition coefficient (Wildman–Crippen LogP) is 5.09. The van der Waals surface area contributed by atoms with Crippen LogP contribution in [0.1, 0.15) is 31.7 Å². The van der Waals surface area contributed by atoms with Crippen molar-refractivity contribution in [3.05, 3.63) is 83.5 Å². The summed E-state index contributed by atoms with van der Waals surface area (Å²) in [7, 11) is 1.81. The van der Waals surface area contributed by atoms with Gasteiger partial charge in [0.15, 0.2) is 0 Å². The molecule has 0 aliphatic heterocycles. The molecule has 6 rings (SSSR count). The molecule has 34 heavy (non-hydrogen) atoms. The van der Waals surface area contributed by atoms with Crippen molar-refractivity contribution in [1.82, 2.24) is 19.1 Å². The van der Waals surface area contributed by atoms with Crippen LogP contribution in [0.5, 0.6) is 0 Å². The number of aliphatic hydroxyl groups is 1. The van der Waals surface area contributed by atoms with Crippen molar-refractivity contribution < 1.29 is 5.11 Å². The molecule has 1 fully saturated rings. The Hall–Kier alpha value is -3.77. The second-order valence-corrected chi connectivity index (χ2v) is 9.20. The summed E-state index contributed by atoms with van der Waals surface area (Å²) >= 11 is 0. The van der Waals surface area contributed by atoms with Crippen LogP contribution in [-0.2, 0) is 7.05 Å². The Bertz CT molecular complexity index is 1540. The van der Waals surface area contributed by atoms with Gasteiger partial charge in [0.2, 0.25) is 0 Å². The number of aromatic nitrogens is 4. The maximum Gasteiger partial charge on any atom is 0.329 e. The van der Waals surface area contributed by atoms with E-state index in [4.69, 9.17) is 0 Å². The van der Waals surface area contributed by atoms with Crippen molar-refractivity contribution in [1.29, 1.82) is 0 Å². The highest BCUT2D eigenvalue weighted by molar-refractivity contribution is 6.04. The van der Waals surface area contributed by atoms with Crippen molar-refractivity contribution in [2.45, 2.75) is 37.8 Å². The number of benzene rings is 2. The molecule has 1 aliphatic carbocycles. The molecule has 0 radical (unpaired) electrons. The molecule has 0 atom stereocenters. The number of rotatable bonds is 3. The fourth-order valence-electron chi connectivity index (χ4n) is 5.21. The van der Waals surface area contributed by atoms with Crippen molar-refractivity contribution in [2.24, 2.45) is 7.05 Å². The molecule has 3 aromatic heterocycles. The average molecular weight is 451 g/mol. The van der Waals surface area contributed by atoms with E-state index >= 15 is 0 Å². The fraction of sp³-hybridized carbons (Fsp3) is 0.250. The quantitative estimate of drug-likeness (QED) is 0.415. The summed E-state index contributed by atoms with van der Waals surface area (Å²) < 4.78 is 3.63. The van der Waals surface area contributed by atoms with E-state index < -0.39 is 0 Å². The monoisotopic (exact) mass is 450 g/mol. The lowest BCUT2D eigenvalue weighted by Gasteiger charge is -2.26. The summed E-state index contributed by atoms with van der Waals surface area (Å²) in [4.78, 5) is 22.6. The summed E-state index contributed by atoms with van der Waals surface area (Å²) in [6, 6.07) is 20.5. The van der Waals surface area contributed by atoms with E-state index in [1.165, 1.54) is 0 Å². The largest absolute Gasteiger partial charge is 0.393 e. The molecule has 0 bridgehead atoms. The Balaban J connectivity index is 1.49. The van der Waals surface area contributed by atoms with Gasteiger partial charge in [-0.05, 0) is 49.4 Å². The first-order valence-electron chi connectivity index (χ1n) is 11.8. The molecule has 1 N–H and O–H groups in total. The van der Waals surface area contributed by atoms with Gasteiger partial charge in [0.05, 0.1) is 34.5 Å². The van der Waals surface area contributed by atoms with E-state index in [0.29, 0.717) is 0 Å². The Morgan fingerprint density at radius 2 is 1.62 bits per heavy atom. The highest BCUT2D eigenvalue weighted by Crippen LogP contribution is 2.34. The topological polar surface area (TPSA) is 72.9 Å². The molecule has 0 spiro atoms. The smallest absolute Gasteiger partial charge is 0.329 e. The van der Waals surface area contributed by atoms with E-state index in [2.05, 4.69) is 40.3 Å². The molecule has 2 aromatic carbocycles. The number of pyridine rings is 2. The first-order chi connectivity index (χ1) is 16.6. The van der Waals surface area contributed by atoms with Crippen LogP contribution in [0.15, 0.2) is 77.9 Å². The second kappa shape index (κ2) is 8.22. The highest BCUT2D eigenvalue weighted by Gasteiger charge is 2.26. The van der Waals surface area contributed by atoms with Crippen LogP contribution >= 0.6 is 0 Å². The lowest BCUT2D eigenvalue weighted by molar-refractivity contribution is 0.111. The molecule has 6 nitrogen and oxygen atoms in total. The number of hydrogen-bond donors (Lipinski definition) is 1. The fourth-order valence-corrected chi connectivity index (χ4v) is 5.21. The van der Waals surface area contributed by atoms with Crippen LogP contribution in [0.3, 0.4) is 0 Å². The summed E-state index contributed by atoms with van der Waals surface area (Å²) in [5.74, 6) is 0. The number of nitrogens with zero attached hydrogens (tertiary/aromatic N) is 4. The third-order valence-corrected chi connectivity index (χ3v) is 7.11. The number of hydrogen-bond acceptors (Lipinski definition) is 4. The van der Waals surface area contributed by atoms with Crippen molar-refractivity contribution >= 4 is 21.9 Å². The van der Waals surface area contributed by atoms with Gasteiger partial charge in [0, 0.05) is 35.8 Å². The van der Waals surface area contributed by atoms with Crippen molar-refractivity contribution in [2.75, 3.05) is 0 Å². The van der Waals surface area contributed by atoms with E-state index in [-0.39, 0.29) is 17.8 Å². The van der Waals surface area contributed by atoms with Crippen LogP contribution in [0.4, 0.5) is 0 Å². The predicted molar refractivity (Wildman–Crippen MR) is 135 cm³/mol. The number of aliphatic hydroxyl groups excluding tert-OH is 1. The SMILES string of the molecule is Cn1c(=O)n(C2CCC(O)CC2)c2c3cc(-c4ccc(-c5ccccc5)nc4)ccc3ncc21. The molecular formula is C28H26N4O2. The first-order valence-corrected chi connectivity index (χ1v) is 11.8. The zero-order valence-corrected chi connectivity index (χ0v) is 19.1. The van der Waals surface area contributed by atoms with Crippen LogP contribution < -0.4 is 5.69 Å². The van der Waals surface area contributed by atoms with Gasteiger partial charge < -0.3 is 5.11 Å². The number of imidazole rings is 1. The second-order valence-electron chi connectivity index (χ2n) is 9.20. The van der Waals surface area contributed by atoms with Gasteiger partial charge >= 0.3 is 5.69 Å². The molecule has 170 valence electrons. The molecule has 6 heteroatoms. The normalized spacial score (nSPS) is 18.5.